The standard InChI is InChI=1S/C19H25N3O3S/c1-14-10-20-8-3-9-22(14)26(23,24)18-5-2-4-16-11-21-12-17(19(16)18)25-13-15-6-7-15/h2,4-5,11-12,14-15,20H,3,6-10,13H2,1H3/t14-/m1/s1. The summed E-state index contributed by atoms with van der Waals surface area (Å²) < 4.78 is 34.6. The van der Waals surface area contributed by atoms with Crippen molar-refractivity contribution in [2.24, 2.45) is 5.92 Å². The Balaban J connectivity index is 1.79. The molecule has 6 nitrogen and oxygen atoms in total. The number of ether oxygens (including phenoxy) is 1. The Labute approximate surface area is 154 Å². The molecule has 4 rings (SSSR count). The molecule has 140 valence electrons. The number of nitrogens with zero attached hydrogens (tertiary/aromatic N) is 2. The van der Waals surface area contributed by atoms with Gasteiger partial charge < -0.3 is 10.1 Å². The lowest BCUT2D eigenvalue weighted by Crippen LogP contribution is -2.41. The lowest BCUT2D eigenvalue weighted by Gasteiger charge is -2.26. The number of hydrogen-bond acceptors (Lipinski definition) is 5. The number of rotatable bonds is 5. The molecule has 2 heterocycles. The summed E-state index contributed by atoms with van der Waals surface area (Å²) in [5.74, 6) is 1.15. The molecule has 1 aromatic carbocycles. The summed E-state index contributed by atoms with van der Waals surface area (Å²) in [4.78, 5) is 4.55. The van der Waals surface area contributed by atoms with Gasteiger partial charge in [0.25, 0.3) is 0 Å². The number of fused-ring (bicyclic) bond motifs is 1. The lowest BCUT2D eigenvalue weighted by atomic mass is 10.1. The Morgan fingerprint density at radius 3 is 2.96 bits per heavy atom. The Kier molecular flexibility index (Phi) is 4.86. The molecule has 1 atom stereocenters. The van der Waals surface area contributed by atoms with Crippen LogP contribution in [0, 0.1) is 5.92 Å². The van der Waals surface area contributed by atoms with Gasteiger partial charge in [-0.15, -0.1) is 0 Å². The number of benzene rings is 1. The highest BCUT2D eigenvalue weighted by atomic mass is 32.2. The average Bonchev–Trinajstić information content (AvgIpc) is 3.47. The summed E-state index contributed by atoms with van der Waals surface area (Å²) in [5.41, 5.74) is 0. The second-order valence-corrected chi connectivity index (χ2v) is 9.13. The summed E-state index contributed by atoms with van der Waals surface area (Å²) in [6.07, 6.45) is 6.51. The van der Waals surface area contributed by atoms with Crippen molar-refractivity contribution in [3.63, 3.8) is 0 Å². The van der Waals surface area contributed by atoms with Crippen LogP contribution < -0.4 is 10.1 Å². The number of nitrogens with one attached hydrogen (secondary N) is 1. The Hall–Kier alpha value is -1.70. The second kappa shape index (κ2) is 7.13. The van der Waals surface area contributed by atoms with Crippen molar-refractivity contribution >= 4 is 20.8 Å². The number of aromatic nitrogens is 1. The van der Waals surface area contributed by atoms with E-state index < -0.39 is 10.0 Å². The summed E-state index contributed by atoms with van der Waals surface area (Å²) in [6.45, 7) is 4.60. The van der Waals surface area contributed by atoms with E-state index in [4.69, 9.17) is 4.74 Å². The molecule has 7 heteroatoms. The minimum absolute atomic E-state index is 0.0876. The van der Waals surface area contributed by atoms with Crippen molar-refractivity contribution in [1.29, 1.82) is 0 Å². The van der Waals surface area contributed by atoms with Gasteiger partial charge in [-0.1, -0.05) is 12.1 Å². The smallest absolute Gasteiger partial charge is 0.244 e. The van der Waals surface area contributed by atoms with Crippen LogP contribution in [0.3, 0.4) is 0 Å². The van der Waals surface area contributed by atoms with E-state index in [0.29, 0.717) is 41.6 Å². The van der Waals surface area contributed by atoms with E-state index in [1.807, 2.05) is 13.0 Å². The fraction of sp³-hybridized carbons (Fsp3) is 0.526. The van der Waals surface area contributed by atoms with E-state index in [2.05, 4.69) is 10.3 Å². The second-order valence-electron chi connectivity index (χ2n) is 7.27. The first-order chi connectivity index (χ1) is 12.6. The van der Waals surface area contributed by atoms with Crippen LogP contribution in [0.25, 0.3) is 10.8 Å². The molecular formula is C19H25N3O3S. The first-order valence-electron chi connectivity index (χ1n) is 9.29. The SMILES string of the molecule is C[C@@H]1CNCCCN1S(=O)(=O)c1cccc2cncc(OCC3CC3)c12. The molecule has 1 saturated carbocycles. The lowest BCUT2D eigenvalue weighted by molar-refractivity contribution is 0.301. The average molecular weight is 375 g/mol. The largest absolute Gasteiger partial charge is 0.491 e. The van der Waals surface area contributed by atoms with Crippen LogP contribution in [0.5, 0.6) is 5.75 Å². The van der Waals surface area contributed by atoms with E-state index in [1.165, 1.54) is 12.8 Å². The molecule has 1 aliphatic carbocycles. The molecule has 2 fully saturated rings. The Morgan fingerprint density at radius 1 is 1.31 bits per heavy atom. The first kappa shape index (κ1) is 17.7. The van der Waals surface area contributed by atoms with Gasteiger partial charge in [-0.05, 0) is 44.7 Å². The molecule has 1 aliphatic heterocycles. The monoisotopic (exact) mass is 375 g/mol. The highest BCUT2D eigenvalue weighted by Crippen LogP contribution is 2.35. The van der Waals surface area contributed by atoms with Crippen LogP contribution in [-0.4, -0.2) is 50.0 Å². The molecule has 1 N–H and O–H groups in total. The summed E-state index contributed by atoms with van der Waals surface area (Å²) in [5, 5.41) is 4.74. The van der Waals surface area contributed by atoms with Gasteiger partial charge in [0.2, 0.25) is 10.0 Å². The van der Waals surface area contributed by atoms with Crippen LogP contribution in [-0.2, 0) is 10.0 Å². The molecule has 0 spiro atoms. The minimum Gasteiger partial charge on any atom is -0.491 e. The highest BCUT2D eigenvalue weighted by Gasteiger charge is 2.32. The predicted octanol–water partition coefficient (Wildman–Crippen LogP) is 2.40. The number of hydrogen-bond donors (Lipinski definition) is 1. The summed E-state index contributed by atoms with van der Waals surface area (Å²) in [7, 11) is -3.62. The molecule has 26 heavy (non-hydrogen) atoms. The molecule has 2 aromatic rings. The highest BCUT2D eigenvalue weighted by molar-refractivity contribution is 7.89. The minimum atomic E-state index is -3.62. The zero-order valence-corrected chi connectivity index (χ0v) is 15.8. The van der Waals surface area contributed by atoms with Crippen molar-refractivity contribution in [1.82, 2.24) is 14.6 Å². The van der Waals surface area contributed by atoms with E-state index in [-0.39, 0.29) is 6.04 Å². The van der Waals surface area contributed by atoms with Crippen molar-refractivity contribution < 1.29 is 13.2 Å². The van der Waals surface area contributed by atoms with Crippen molar-refractivity contribution in [3.8, 4) is 5.75 Å². The van der Waals surface area contributed by atoms with Gasteiger partial charge in [-0.3, -0.25) is 4.98 Å². The number of pyridine rings is 1. The van der Waals surface area contributed by atoms with Crippen LogP contribution >= 0.6 is 0 Å². The van der Waals surface area contributed by atoms with Crippen LogP contribution in [0.15, 0.2) is 35.5 Å². The van der Waals surface area contributed by atoms with Gasteiger partial charge in [0.15, 0.2) is 0 Å². The third-order valence-electron chi connectivity index (χ3n) is 5.13. The first-order valence-corrected chi connectivity index (χ1v) is 10.7. The van der Waals surface area contributed by atoms with Crippen molar-refractivity contribution in [2.75, 3.05) is 26.2 Å². The molecule has 2 aliphatic rings. The van der Waals surface area contributed by atoms with Gasteiger partial charge in [-0.25, -0.2) is 8.42 Å². The number of sulfonamides is 1. The van der Waals surface area contributed by atoms with E-state index >= 15 is 0 Å². The van der Waals surface area contributed by atoms with E-state index in [9.17, 15) is 8.42 Å². The van der Waals surface area contributed by atoms with Gasteiger partial charge in [0, 0.05) is 36.1 Å². The normalized spacial score (nSPS) is 22.3. The Morgan fingerprint density at radius 2 is 2.15 bits per heavy atom. The molecule has 1 saturated heterocycles. The zero-order chi connectivity index (χ0) is 18.1. The maximum absolute atomic E-state index is 13.5. The molecule has 1 aromatic heterocycles. The molecule has 0 unspecified atom stereocenters. The summed E-state index contributed by atoms with van der Waals surface area (Å²) in [6, 6.07) is 5.27. The Bertz CT molecular complexity index is 891. The van der Waals surface area contributed by atoms with Crippen LogP contribution in [0.4, 0.5) is 0 Å². The quantitative estimate of drug-likeness (QED) is 0.869. The maximum atomic E-state index is 13.5. The molecule has 0 radical (unpaired) electrons. The van der Waals surface area contributed by atoms with Gasteiger partial charge in [0.05, 0.1) is 17.7 Å². The molecular weight excluding hydrogens is 350 g/mol. The van der Waals surface area contributed by atoms with Crippen molar-refractivity contribution in [2.45, 2.75) is 37.1 Å². The fourth-order valence-electron chi connectivity index (χ4n) is 3.46. The van der Waals surface area contributed by atoms with Crippen LogP contribution in [0.2, 0.25) is 0 Å². The summed E-state index contributed by atoms with van der Waals surface area (Å²) >= 11 is 0. The zero-order valence-electron chi connectivity index (χ0n) is 15.0. The molecule has 0 bridgehead atoms. The third-order valence-corrected chi connectivity index (χ3v) is 7.19. The predicted molar refractivity (Wildman–Crippen MR) is 101 cm³/mol. The van der Waals surface area contributed by atoms with Crippen LogP contribution in [0.1, 0.15) is 26.2 Å². The van der Waals surface area contributed by atoms with E-state index in [0.717, 1.165) is 18.4 Å². The maximum Gasteiger partial charge on any atom is 0.244 e. The fourth-order valence-corrected chi connectivity index (χ4v) is 5.36. The topological polar surface area (TPSA) is 71.5 Å². The van der Waals surface area contributed by atoms with Gasteiger partial charge >= 0.3 is 0 Å². The van der Waals surface area contributed by atoms with E-state index in [1.54, 1.807) is 28.8 Å². The molecule has 0 amide bonds. The third kappa shape index (κ3) is 3.43. The van der Waals surface area contributed by atoms with Crippen molar-refractivity contribution in [3.05, 3.63) is 30.6 Å². The van der Waals surface area contributed by atoms with Gasteiger partial charge in [-0.2, -0.15) is 4.31 Å². The van der Waals surface area contributed by atoms with Gasteiger partial charge in [0.1, 0.15) is 5.75 Å².